The SMILES string of the molecule is COc1ccc(C(NC(=O)c2cc(C(C)C)on2)C(=O)O)cc1. The number of carboxylic acid groups (broad SMARTS) is 1. The summed E-state index contributed by atoms with van der Waals surface area (Å²) in [4.78, 5) is 23.6. The van der Waals surface area contributed by atoms with Crippen LogP contribution in [0.1, 0.15) is 47.6 Å². The van der Waals surface area contributed by atoms with Crippen LogP contribution in [0.25, 0.3) is 0 Å². The van der Waals surface area contributed by atoms with E-state index in [1.54, 1.807) is 24.3 Å². The highest BCUT2D eigenvalue weighted by atomic mass is 16.5. The molecule has 2 aromatic rings. The molecular weight excluding hydrogens is 300 g/mol. The summed E-state index contributed by atoms with van der Waals surface area (Å²) in [6.45, 7) is 3.80. The van der Waals surface area contributed by atoms with Crippen LogP contribution in [0.5, 0.6) is 5.75 Å². The zero-order valence-electron chi connectivity index (χ0n) is 13.1. The van der Waals surface area contributed by atoms with Gasteiger partial charge < -0.3 is 19.7 Å². The minimum absolute atomic E-state index is 0.0495. The van der Waals surface area contributed by atoms with Gasteiger partial charge >= 0.3 is 5.97 Å². The molecule has 7 heteroatoms. The largest absolute Gasteiger partial charge is 0.497 e. The summed E-state index contributed by atoms with van der Waals surface area (Å²) in [6.07, 6.45) is 0. The third-order valence-corrected chi connectivity index (χ3v) is 3.30. The lowest BCUT2D eigenvalue weighted by Gasteiger charge is -2.14. The zero-order chi connectivity index (χ0) is 17.0. The molecule has 1 atom stereocenters. The first-order valence-corrected chi connectivity index (χ1v) is 7.06. The van der Waals surface area contributed by atoms with Crippen LogP contribution in [0.3, 0.4) is 0 Å². The van der Waals surface area contributed by atoms with Gasteiger partial charge in [0.1, 0.15) is 11.5 Å². The van der Waals surface area contributed by atoms with Gasteiger partial charge in [-0.25, -0.2) is 4.79 Å². The Labute approximate surface area is 133 Å². The number of carbonyl (C=O) groups is 2. The normalized spacial score (nSPS) is 12.0. The van der Waals surface area contributed by atoms with Crippen LogP contribution in [0.2, 0.25) is 0 Å². The van der Waals surface area contributed by atoms with E-state index in [0.717, 1.165) is 0 Å². The molecule has 0 fully saturated rings. The molecular formula is C16H18N2O5. The van der Waals surface area contributed by atoms with Crippen LogP contribution < -0.4 is 10.1 Å². The third-order valence-electron chi connectivity index (χ3n) is 3.30. The fraction of sp³-hybridized carbons (Fsp3) is 0.312. The number of aliphatic carboxylic acids is 1. The Morgan fingerprint density at radius 1 is 1.26 bits per heavy atom. The second kappa shape index (κ2) is 6.95. The first-order chi connectivity index (χ1) is 10.9. The standard InChI is InChI=1S/C16H18N2O5/c1-9(2)13-8-12(18-23-13)15(19)17-14(16(20)21)10-4-6-11(22-3)7-5-10/h4-9,14H,1-3H3,(H,17,19)(H,20,21). The van der Waals surface area contributed by atoms with Crippen molar-refractivity contribution in [2.75, 3.05) is 7.11 Å². The fourth-order valence-electron chi connectivity index (χ4n) is 1.96. The number of rotatable bonds is 6. The Morgan fingerprint density at radius 3 is 2.39 bits per heavy atom. The van der Waals surface area contributed by atoms with Gasteiger partial charge in [-0.15, -0.1) is 0 Å². The number of hydrogen-bond donors (Lipinski definition) is 2. The predicted molar refractivity (Wildman–Crippen MR) is 81.4 cm³/mol. The number of carboxylic acids is 1. The van der Waals surface area contributed by atoms with Crippen LogP contribution in [0.4, 0.5) is 0 Å². The molecule has 23 heavy (non-hydrogen) atoms. The molecule has 0 aliphatic rings. The maximum absolute atomic E-state index is 12.2. The highest BCUT2D eigenvalue weighted by Gasteiger charge is 2.24. The van der Waals surface area contributed by atoms with Gasteiger partial charge in [0.15, 0.2) is 11.7 Å². The summed E-state index contributed by atoms with van der Waals surface area (Å²) in [7, 11) is 1.52. The molecule has 0 aliphatic carbocycles. The van der Waals surface area contributed by atoms with Crippen LogP contribution in [0.15, 0.2) is 34.9 Å². The predicted octanol–water partition coefficient (Wildman–Crippen LogP) is 2.36. The Balaban J connectivity index is 2.17. The number of carbonyl (C=O) groups excluding carboxylic acids is 1. The topological polar surface area (TPSA) is 102 Å². The molecule has 1 aromatic carbocycles. The van der Waals surface area contributed by atoms with Crippen LogP contribution in [0, 0.1) is 0 Å². The van der Waals surface area contributed by atoms with E-state index in [2.05, 4.69) is 10.5 Å². The van der Waals surface area contributed by atoms with Crippen molar-refractivity contribution in [2.45, 2.75) is 25.8 Å². The van der Waals surface area contributed by atoms with Crippen molar-refractivity contribution in [3.63, 3.8) is 0 Å². The Kier molecular flexibility index (Phi) is 5.00. The minimum atomic E-state index is -1.19. The summed E-state index contributed by atoms with van der Waals surface area (Å²) in [5.41, 5.74) is 0.479. The summed E-state index contributed by atoms with van der Waals surface area (Å²) in [5.74, 6) is -0.533. The number of nitrogens with one attached hydrogen (secondary N) is 1. The number of methoxy groups -OCH3 is 1. The molecule has 7 nitrogen and oxygen atoms in total. The molecule has 2 rings (SSSR count). The quantitative estimate of drug-likeness (QED) is 0.848. The van der Waals surface area contributed by atoms with Gasteiger partial charge in [-0.3, -0.25) is 4.79 Å². The molecule has 0 bridgehead atoms. The molecule has 122 valence electrons. The second-order valence-corrected chi connectivity index (χ2v) is 5.29. The molecule has 1 aromatic heterocycles. The Hall–Kier alpha value is -2.83. The number of amides is 1. The first kappa shape index (κ1) is 16.5. The average molecular weight is 318 g/mol. The van der Waals surface area contributed by atoms with Crippen molar-refractivity contribution in [1.29, 1.82) is 0 Å². The zero-order valence-corrected chi connectivity index (χ0v) is 13.1. The van der Waals surface area contributed by atoms with Gasteiger partial charge in [0, 0.05) is 12.0 Å². The van der Waals surface area contributed by atoms with Crippen molar-refractivity contribution in [3.8, 4) is 5.75 Å². The van der Waals surface area contributed by atoms with E-state index in [4.69, 9.17) is 9.26 Å². The highest BCUT2D eigenvalue weighted by Crippen LogP contribution is 2.19. The van der Waals surface area contributed by atoms with E-state index in [1.165, 1.54) is 13.2 Å². The van der Waals surface area contributed by atoms with Crippen molar-refractivity contribution in [2.24, 2.45) is 0 Å². The van der Waals surface area contributed by atoms with E-state index in [-0.39, 0.29) is 11.6 Å². The lowest BCUT2D eigenvalue weighted by atomic mass is 10.1. The molecule has 0 saturated heterocycles. The number of ether oxygens (including phenoxy) is 1. The van der Waals surface area contributed by atoms with Crippen molar-refractivity contribution in [3.05, 3.63) is 47.3 Å². The average Bonchev–Trinajstić information content (AvgIpc) is 3.02. The lowest BCUT2D eigenvalue weighted by molar-refractivity contribution is -0.139. The van der Waals surface area contributed by atoms with Gasteiger partial charge in [-0.05, 0) is 17.7 Å². The lowest BCUT2D eigenvalue weighted by Crippen LogP contribution is -2.33. The second-order valence-electron chi connectivity index (χ2n) is 5.29. The van der Waals surface area contributed by atoms with Gasteiger partial charge in [-0.2, -0.15) is 0 Å². The molecule has 0 radical (unpaired) electrons. The molecule has 0 aliphatic heterocycles. The minimum Gasteiger partial charge on any atom is -0.497 e. The monoisotopic (exact) mass is 318 g/mol. The molecule has 1 unspecified atom stereocenters. The van der Waals surface area contributed by atoms with E-state index < -0.39 is 17.9 Å². The number of hydrogen-bond acceptors (Lipinski definition) is 5. The summed E-state index contributed by atoms with van der Waals surface area (Å²) >= 11 is 0. The Bertz CT molecular complexity index is 691. The van der Waals surface area contributed by atoms with Crippen molar-refractivity contribution >= 4 is 11.9 Å². The van der Waals surface area contributed by atoms with Crippen LogP contribution in [-0.2, 0) is 4.79 Å². The van der Waals surface area contributed by atoms with Crippen LogP contribution in [-0.4, -0.2) is 29.2 Å². The van der Waals surface area contributed by atoms with Gasteiger partial charge in [0.25, 0.3) is 5.91 Å². The maximum Gasteiger partial charge on any atom is 0.330 e. The maximum atomic E-state index is 12.2. The van der Waals surface area contributed by atoms with Crippen molar-refractivity contribution in [1.82, 2.24) is 10.5 Å². The number of nitrogens with zero attached hydrogens (tertiary/aromatic N) is 1. The van der Waals surface area contributed by atoms with E-state index in [9.17, 15) is 14.7 Å². The highest BCUT2D eigenvalue weighted by molar-refractivity contribution is 5.95. The molecule has 0 spiro atoms. The van der Waals surface area contributed by atoms with Gasteiger partial charge in [0.05, 0.1) is 7.11 Å². The van der Waals surface area contributed by atoms with Crippen molar-refractivity contribution < 1.29 is 24.0 Å². The van der Waals surface area contributed by atoms with E-state index in [0.29, 0.717) is 17.1 Å². The fourth-order valence-corrected chi connectivity index (χ4v) is 1.96. The molecule has 1 heterocycles. The van der Waals surface area contributed by atoms with E-state index >= 15 is 0 Å². The van der Waals surface area contributed by atoms with Gasteiger partial charge in [0.2, 0.25) is 0 Å². The first-order valence-electron chi connectivity index (χ1n) is 7.06. The summed E-state index contributed by atoms with van der Waals surface area (Å²) < 4.78 is 10.1. The number of benzene rings is 1. The smallest absolute Gasteiger partial charge is 0.330 e. The number of aromatic nitrogens is 1. The third kappa shape index (κ3) is 3.88. The molecule has 0 saturated carbocycles. The summed E-state index contributed by atoms with van der Waals surface area (Å²) in [6, 6.07) is 6.75. The van der Waals surface area contributed by atoms with E-state index in [1.807, 2.05) is 13.8 Å². The van der Waals surface area contributed by atoms with Crippen LogP contribution >= 0.6 is 0 Å². The summed E-state index contributed by atoms with van der Waals surface area (Å²) in [5, 5.41) is 15.5. The molecule has 2 N–H and O–H groups in total. The molecule has 1 amide bonds. The Morgan fingerprint density at radius 2 is 1.91 bits per heavy atom. The van der Waals surface area contributed by atoms with Gasteiger partial charge in [-0.1, -0.05) is 31.1 Å².